The van der Waals surface area contributed by atoms with Gasteiger partial charge in [0.05, 0.1) is 0 Å². The van der Waals surface area contributed by atoms with Gasteiger partial charge in [-0.15, -0.1) is 0 Å². The number of piperazine rings is 1. The van der Waals surface area contributed by atoms with E-state index in [0.717, 1.165) is 25.9 Å². The molecular weight excluding hydrogens is 260 g/mol. The Morgan fingerprint density at radius 1 is 1.00 bits per heavy atom. The van der Waals surface area contributed by atoms with Crippen LogP contribution in [0.15, 0.2) is 0 Å². The molecule has 2 heterocycles. The number of nitrogens with zero attached hydrogens (tertiary/aromatic N) is 3. The van der Waals surface area contributed by atoms with E-state index in [9.17, 15) is 14.4 Å². The minimum atomic E-state index is -1.00. The first kappa shape index (κ1) is 13.5. The van der Waals surface area contributed by atoms with Gasteiger partial charge in [-0.05, 0) is 19.9 Å². The number of hydrazine groups is 1. The predicted molar refractivity (Wildman–Crippen MR) is 70.4 cm³/mol. The Hall–Kier alpha value is -1.47. The molecule has 2 saturated heterocycles. The third-order valence-electron chi connectivity index (χ3n) is 4.67. The number of likely N-dealkylation sites (N-methyl/N-ethyl adjacent to an activating group) is 1. The molecule has 1 aliphatic carbocycles. The first-order valence-electron chi connectivity index (χ1n) is 7.18. The minimum Gasteiger partial charge on any atom is -0.304 e. The standard InChI is InChI=1S/C13H20N4O3/c1-15-6-8-16(9-7-15)17-11(19)13(4-2-3-5-13)10(18)14-12(17)20/h2-9H2,1H3,(H,14,18,20). The molecule has 0 atom stereocenters. The molecule has 7 heteroatoms. The van der Waals surface area contributed by atoms with Crippen molar-refractivity contribution in [2.24, 2.45) is 5.41 Å². The molecule has 0 bridgehead atoms. The van der Waals surface area contributed by atoms with Gasteiger partial charge in [0.25, 0.3) is 5.91 Å². The van der Waals surface area contributed by atoms with Crippen molar-refractivity contribution >= 4 is 17.8 Å². The van der Waals surface area contributed by atoms with Crippen LogP contribution in [0.2, 0.25) is 0 Å². The van der Waals surface area contributed by atoms with Crippen molar-refractivity contribution in [1.82, 2.24) is 20.2 Å². The van der Waals surface area contributed by atoms with Crippen molar-refractivity contribution in [3.63, 3.8) is 0 Å². The number of carbonyl (C=O) groups excluding carboxylic acids is 3. The molecule has 3 aliphatic rings. The molecule has 3 fully saturated rings. The molecule has 0 unspecified atom stereocenters. The molecule has 1 N–H and O–H groups in total. The molecule has 1 spiro atoms. The molecule has 2 aliphatic heterocycles. The van der Waals surface area contributed by atoms with Gasteiger partial charge in [0, 0.05) is 26.2 Å². The zero-order valence-corrected chi connectivity index (χ0v) is 11.7. The summed E-state index contributed by atoms with van der Waals surface area (Å²) in [6, 6.07) is -0.595. The lowest BCUT2D eigenvalue weighted by Gasteiger charge is -2.44. The molecule has 20 heavy (non-hydrogen) atoms. The van der Waals surface area contributed by atoms with Crippen LogP contribution in [-0.2, 0) is 9.59 Å². The number of hydrogen-bond donors (Lipinski definition) is 1. The second kappa shape index (κ2) is 4.82. The van der Waals surface area contributed by atoms with Crippen LogP contribution < -0.4 is 5.32 Å². The average molecular weight is 280 g/mol. The Kier molecular flexibility index (Phi) is 3.25. The van der Waals surface area contributed by atoms with Crippen molar-refractivity contribution in [3.8, 4) is 0 Å². The van der Waals surface area contributed by atoms with E-state index >= 15 is 0 Å². The number of rotatable bonds is 1. The second-order valence-electron chi connectivity index (χ2n) is 5.92. The van der Waals surface area contributed by atoms with E-state index in [-0.39, 0.29) is 5.91 Å². The lowest BCUT2D eigenvalue weighted by atomic mass is 9.82. The van der Waals surface area contributed by atoms with Crippen LogP contribution >= 0.6 is 0 Å². The molecule has 0 aromatic carbocycles. The quantitative estimate of drug-likeness (QED) is 0.673. The van der Waals surface area contributed by atoms with Gasteiger partial charge >= 0.3 is 6.03 Å². The van der Waals surface area contributed by atoms with Gasteiger partial charge in [0.1, 0.15) is 5.41 Å². The maximum atomic E-state index is 12.7. The van der Waals surface area contributed by atoms with E-state index < -0.39 is 17.4 Å². The van der Waals surface area contributed by atoms with Crippen molar-refractivity contribution in [1.29, 1.82) is 0 Å². The maximum absolute atomic E-state index is 12.7. The first-order chi connectivity index (χ1) is 9.54. The Balaban J connectivity index is 1.84. The minimum absolute atomic E-state index is 0.326. The van der Waals surface area contributed by atoms with Gasteiger partial charge < -0.3 is 4.90 Å². The molecule has 0 aromatic heterocycles. The number of urea groups is 1. The van der Waals surface area contributed by atoms with E-state index in [1.165, 1.54) is 5.01 Å². The highest BCUT2D eigenvalue weighted by Crippen LogP contribution is 2.42. The molecule has 0 aromatic rings. The van der Waals surface area contributed by atoms with E-state index in [1.807, 2.05) is 7.05 Å². The molecule has 0 radical (unpaired) electrons. The summed E-state index contributed by atoms with van der Waals surface area (Å²) < 4.78 is 0. The van der Waals surface area contributed by atoms with Crippen LogP contribution in [0.3, 0.4) is 0 Å². The Bertz CT molecular complexity index is 451. The summed E-state index contributed by atoms with van der Waals surface area (Å²) in [7, 11) is 2.01. The molecular formula is C13H20N4O3. The Labute approximate surface area is 117 Å². The highest BCUT2D eigenvalue weighted by molar-refractivity contribution is 6.19. The largest absolute Gasteiger partial charge is 0.345 e. The van der Waals surface area contributed by atoms with Gasteiger partial charge in [-0.1, -0.05) is 12.8 Å². The monoisotopic (exact) mass is 280 g/mol. The van der Waals surface area contributed by atoms with Crippen LogP contribution in [0.25, 0.3) is 0 Å². The Morgan fingerprint density at radius 3 is 2.20 bits per heavy atom. The number of amides is 4. The number of barbiturate groups is 1. The zero-order chi connectivity index (χ0) is 14.3. The van der Waals surface area contributed by atoms with Gasteiger partial charge in [0.15, 0.2) is 0 Å². The average Bonchev–Trinajstić information content (AvgIpc) is 2.90. The van der Waals surface area contributed by atoms with Crippen LogP contribution in [0.1, 0.15) is 25.7 Å². The molecule has 7 nitrogen and oxygen atoms in total. The predicted octanol–water partition coefficient (Wildman–Crippen LogP) is -0.212. The fraction of sp³-hybridized carbons (Fsp3) is 0.769. The normalized spacial score (nSPS) is 28.2. The number of imide groups is 2. The lowest BCUT2D eigenvalue weighted by Crippen LogP contribution is -2.69. The summed E-state index contributed by atoms with van der Waals surface area (Å²) in [6.07, 6.45) is 2.83. The second-order valence-corrected chi connectivity index (χ2v) is 5.92. The summed E-state index contributed by atoms with van der Waals surface area (Å²) in [5.41, 5.74) is -1.00. The molecule has 110 valence electrons. The smallest absolute Gasteiger partial charge is 0.304 e. The Morgan fingerprint density at radius 2 is 1.60 bits per heavy atom. The number of carbonyl (C=O) groups is 3. The lowest BCUT2D eigenvalue weighted by molar-refractivity contribution is -0.164. The van der Waals surface area contributed by atoms with Crippen molar-refractivity contribution in [3.05, 3.63) is 0 Å². The summed E-state index contributed by atoms with van der Waals surface area (Å²) in [5, 5.41) is 5.32. The number of nitrogens with one attached hydrogen (secondary N) is 1. The van der Waals surface area contributed by atoms with Gasteiger partial charge in [-0.3, -0.25) is 14.9 Å². The van der Waals surface area contributed by atoms with Crippen LogP contribution in [-0.4, -0.2) is 66.0 Å². The van der Waals surface area contributed by atoms with Crippen molar-refractivity contribution in [2.75, 3.05) is 33.2 Å². The fourth-order valence-electron chi connectivity index (χ4n) is 3.33. The van der Waals surface area contributed by atoms with E-state index in [0.29, 0.717) is 25.9 Å². The van der Waals surface area contributed by atoms with Crippen LogP contribution in [0, 0.1) is 5.41 Å². The highest BCUT2D eigenvalue weighted by atomic mass is 16.2. The molecule has 1 saturated carbocycles. The summed E-state index contributed by atoms with van der Waals surface area (Å²) in [4.78, 5) is 39.1. The van der Waals surface area contributed by atoms with E-state index in [2.05, 4.69) is 10.2 Å². The first-order valence-corrected chi connectivity index (χ1v) is 7.18. The van der Waals surface area contributed by atoms with Gasteiger partial charge in [-0.25, -0.2) is 9.80 Å². The van der Waals surface area contributed by atoms with Crippen LogP contribution in [0.5, 0.6) is 0 Å². The third-order valence-corrected chi connectivity index (χ3v) is 4.67. The third kappa shape index (κ3) is 1.92. The molecule has 4 amide bonds. The van der Waals surface area contributed by atoms with Gasteiger partial charge in [-0.2, -0.15) is 5.01 Å². The summed E-state index contributed by atoms with van der Waals surface area (Å²) >= 11 is 0. The van der Waals surface area contributed by atoms with Crippen LogP contribution in [0.4, 0.5) is 4.79 Å². The topological polar surface area (TPSA) is 73.0 Å². The fourth-order valence-corrected chi connectivity index (χ4v) is 3.33. The molecule has 3 rings (SSSR count). The maximum Gasteiger partial charge on any atom is 0.345 e. The highest BCUT2D eigenvalue weighted by Gasteiger charge is 2.56. The zero-order valence-electron chi connectivity index (χ0n) is 11.7. The van der Waals surface area contributed by atoms with E-state index in [4.69, 9.17) is 0 Å². The number of hydrogen-bond acceptors (Lipinski definition) is 5. The van der Waals surface area contributed by atoms with Gasteiger partial charge in [0.2, 0.25) is 5.91 Å². The summed E-state index contributed by atoms with van der Waals surface area (Å²) in [6.45, 7) is 2.86. The van der Waals surface area contributed by atoms with Crippen molar-refractivity contribution in [2.45, 2.75) is 25.7 Å². The van der Waals surface area contributed by atoms with E-state index in [1.54, 1.807) is 5.01 Å². The SMILES string of the molecule is CN1CCN(N2C(=O)NC(=O)C3(CCCC3)C2=O)CC1. The summed E-state index contributed by atoms with van der Waals surface area (Å²) in [5.74, 6) is -0.733. The van der Waals surface area contributed by atoms with Crippen molar-refractivity contribution < 1.29 is 14.4 Å².